The molecule has 0 saturated heterocycles. The van der Waals surface area contributed by atoms with E-state index in [1.165, 1.54) is 0 Å². The molecule has 2 aromatic rings. The standard InChI is InChI=1S/C20H24O3/c1-3-5-6-7-8-9-13-22-17-12-11-16-14-18(10-4-2)23-20(21)19(16)15-17/h3,7-8,11-12,14-15H,1,4-6,9-10,13H2,2H3/b8-7+. The first-order valence-corrected chi connectivity index (χ1v) is 8.20. The summed E-state index contributed by atoms with van der Waals surface area (Å²) in [4.78, 5) is 12.1. The van der Waals surface area contributed by atoms with E-state index in [4.69, 9.17) is 9.15 Å². The maximum absolute atomic E-state index is 12.1. The smallest absolute Gasteiger partial charge is 0.343 e. The van der Waals surface area contributed by atoms with Gasteiger partial charge in [-0.2, -0.15) is 0 Å². The first-order chi connectivity index (χ1) is 11.2. The molecule has 0 fully saturated rings. The Balaban J connectivity index is 1.99. The van der Waals surface area contributed by atoms with Gasteiger partial charge >= 0.3 is 5.63 Å². The summed E-state index contributed by atoms with van der Waals surface area (Å²) in [5.74, 6) is 1.44. The first-order valence-electron chi connectivity index (χ1n) is 8.20. The van der Waals surface area contributed by atoms with E-state index in [9.17, 15) is 4.79 Å². The van der Waals surface area contributed by atoms with Gasteiger partial charge in [-0.1, -0.05) is 31.2 Å². The summed E-state index contributed by atoms with van der Waals surface area (Å²) in [7, 11) is 0. The lowest BCUT2D eigenvalue weighted by Gasteiger charge is -2.06. The molecule has 23 heavy (non-hydrogen) atoms. The number of unbranched alkanes of at least 4 members (excludes halogenated alkanes) is 1. The van der Waals surface area contributed by atoms with Crippen LogP contribution < -0.4 is 10.4 Å². The van der Waals surface area contributed by atoms with Gasteiger partial charge in [0.15, 0.2) is 0 Å². The van der Waals surface area contributed by atoms with Gasteiger partial charge in [-0.05, 0) is 49.3 Å². The molecular formula is C20H24O3. The van der Waals surface area contributed by atoms with Crippen LogP contribution in [0.4, 0.5) is 0 Å². The number of hydrogen-bond acceptors (Lipinski definition) is 3. The quantitative estimate of drug-likeness (QED) is 0.481. The molecular weight excluding hydrogens is 288 g/mol. The Labute approximate surface area is 137 Å². The second-order valence-electron chi connectivity index (χ2n) is 5.47. The minimum Gasteiger partial charge on any atom is -0.493 e. The van der Waals surface area contributed by atoms with Crippen LogP contribution in [-0.2, 0) is 6.42 Å². The van der Waals surface area contributed by atoms with Crippen LogP contribution in [0.25, 0.3) is 10.8 Å². The Morgan fingerprint density at radius 1 is 1.17 bits per heavy atom. The summed E-state index contributed by atoms with van der Waals surface area (Å²) < 4.78 is 11.0. The predicted molar refractivity (Wildman–Crippen MR) is 95.2 cm³/mol. The molecule has 0 amide bonds. The molecule has 3 nitrogen and oxygen atoms in total. The van der Waals surface area contributed by atoms with Crippen molar-refractivity contribution in [3.05, 3.63) is 65.3 Å². The number of rotatable bonds is 9. The summed E-state index contributed by atoms with van der Waals surface area (Å²) in [6.07, 6.45) is 10.7. The molecule has 0 atom stereocenters. The molecule has 122 valence electrons. The van der Waals surface area contributed by atoms with Gasteiger partial charge in [0.1, 0.15) is 11.5 Å². The third-order valence-corrected chi connectivity index (χ3v) is 3.54. The maximum atomic E-state index is 12.1. The van der Waals surface area contributed by atoms with Crippen LogP contribution in [0.15, 0.2) is 58.3 Å². The zero-order valence-electron chi connectivity index (χ0n) is 13.7. The minimum atomic E-state index is -0.291. The van der Waals surface area contributed by atoms with Crippen LogP contribution in [0.1, 0.15) is 38.4 Å². The van der Waals surface area contributed by atoms with Crippen LogP contribution >= 0.6 is 0 Å². The Bertz CT molecular complexity index is 725. The van der Waals surface area contributed by atoms with Gasteiger partial charge in [0.05, 0.1) is 12.0 Å². The average Bonchev–Trinajstić information content (AvgIpc) is 2.55. The SMILES string of the molecule is C=CCC/C=C/CCOc1ccc2cc(CCC)oc(=O)c2c1. The third-order valence-electron chi connectivity index (χ3n) is 3.54. The highest BCUT2D eigenvalue weighted by Gasteiger charge is 2.05. The van der Waals surface area contributed by atoms with Gasteiger partial charge in [0.2, 0.25) is 0 Å². The monoisotopic (exact) mass is 312 g/mol. The van der Waals surface area contributed by atoms with Crippen LogP contribution in [0.2, 0.25) is 0 Å². The van der Waals surface area contributed by atoms with E-state index in [2.05, 4.69) is 25.7 Å². The molecule has 0 N–H and O–H groups in total. The Kier molecular flexibility index (Phi) is 6.67. The molecule has 0 aliphatic rings. The molecule has 3 heteroatoms. The molecule has 0 unspecified atom stereocenters. The molecule has 1 aromatic carbocycles. The van der Waals surface area contributed by atoms with E-state index in [0.29, 0.717) is 17.7 Å². The summed E-state index contributed by atoms with van der Waals surface area (Å²) in [5, 5.41) is 1.48. The van der Waals surface area contributed by atoms with E-state index >= 15 is 0 Å². The fourth-order valence-corrected chi connectivity index (χ4v) is 2.37. The highest BCUT2D eigenvalue weighted by Crippen LogP contribution is 2.20. The molecule has 2 rings (SSSR count). The van der Waals surface area contributed by atoms with Crippen molar-refractivity contribution in [3.63, 3.8) is 0 Å². The van der Waals surface area contributed by atoms with Crippen LogP contribution in [0, 0.1) is 0 Å². The van der Waals surface area contributed by atoms with Crippen molar-refractivity contribution >= 4 is 10.8 Å². The number of ether oxygens (including phenoxy) is 1. The molecule has 0 bridgehead atoms. The highest BCUT2D eigenvalue weighted by atomic mass is 16.5. The zero-order chi connectivity index (χ0) is 16.5. The minimum absolute atomic E-state index is 0.291. The van der Waals surface area contributed by atoms with E-state index in [-0.39, 0.29) is 5.63 Å². The number of aryl methyl sites for hydroxylation is 1. The van der Waals surface area contributed by atoms with Gasteiger partial charge in [0, 0.05) is 6.42 Å². The average molecular weight is 312 g/mol. The van der Waals surface area contributed by atoms with Gasteiger partial charge in [-0.25, -0.2) is 4.79 Å². The summed E-state index contributed by atoms with van der Waals surface area (Å²) in [6.45, 7) is 6.35. The van der Waals surface area contributed by atoms with Gasteiger partial charge in [0.25, 0.3) is 0 Å². The first kappa shape index (κ1) is 17.1. The van der Waals surface area contributed by atoms with Gasteiger partial charge < -0.3 is 9.15 Å². The van der Waals surface area contributed by atoms with Crippen LogP contribution in [-0.4, -0.2) is 6.61 Å². The molecule has 0 spiro atoms. The van der Waals surface area contributed by atoms with Crippen LogP contribution in [0.3, 0.4) is 0 Å². The third kappa shape index (κ3) is 5.13. The summed E-state index contributed by atoms with van der Waals surface area (Å²) in [6, 6.07) is 7.52. The molecule has 0 aliphatic carbocycles. The molecule has 1 aromatic heterocycles. The van der Waals surface area contributed by atoms with E-state index < -0.39 is 0 Å². The lowest BCUT2D eigenvalue weighted by molar-refractivity contribution is 0.325. The van der Waals surface area contributed by atoms with E-state index in [1.807, 2.05) is 24.3 Å². The molecule has 0 saturated carbocycles. The van der Waals surface area contributed by atoms with Crippen molar-refractivity contribution in [2.45, 2.75) is 39.0 Å². The predicted octanol–water partition coefficient (Wildman–Crippen LogP) is 5.04. The normalized spacial score (nSPS) is 11.2. The second-order valence-corrected chi connectivity index (χ2v) is 5.47. The number of fused-ring (bicyclic) bond motifs is 1. The Hall–Kier alpha value is -2.29. The molecule has 0 aliphatic heterocycles. The van der Waals surface area contributed by atoms with Crippen molar-refractivity contribution in [2.75, 3.05) is 6.61 Å². The van der Waals surface area contributed by atoms with E-state index in [1.54, 1.807) is 6.07 Å². The number of allylic oxidation sites excluding steroid dienone is 2. The zero-order valence-corrected chi connectivity index (χ0v) is 13.7. The second kappa shape index (κ2) is 8.99. The van der Waals surface area contributed by atoms with Crippen molar-refractivity contribution in [1.82, 2.24) is 0 Å². The van der Waals surface area contributed by atoms with Crippen molar-refractivity contribution in [2.24, 2.45) is 0 Å². The molecule has 1 heterocycles. The number of benzene rings is 1. The van der Waals surface area contributed by atoms with Crippen molar-refractivity contribution < 1.29 is 9.15 Å². The Morgan fingerprint density at radius 3 is 2.78 bits per heavy atom. The van der Waals surface area contributed by atoms with Gasteiger partial charge in [-0.15, -0.1) is 6.58 Å². The van der Waals surface area contributed by atoms with E-state index in [0.717, 1.165) is 43.3 Å². The lowest BCUT2D eigenvalue weighted by Crippen LogP contribution is -2.03. The fraction of sp³-hybridized carbons (Fsp3) is 0.350. The largest absolute Gasteiger partial charge is 0.493 e. The lowest BCUT2D eigenvalue weighted by atomic mass is 10.1. The molecule has 0 radical (unpaired) electrons. The van der Waals surface area contributed by atoms with Gasteiger partial charge in [-0.3, -0.25) is 0 Å². The number of hydrogen-bond donors (Lipinski definition) is 0. The van der Waals surface area contributed by atoms with Crippen molar-refractivity contribution in [3.8, 4) is 5.75 Å². The summed E-state index contributed by atoms with van der Waals surface area (Å²) >= 11 is 0. The highest BCUT2D eigenvalue weighted by molar-refractivity contribution is 5.82. The van der Waals surface area contributed by atoms with Crippen LogP contribution in [0.5, 0.6) is 5.75 Å². The Morgan fingerprint density at radius 2 is 2.00 bits per heavy atom. The van der Waals surface area contributed by atoms with Crippen molar-refractivity contribution in [1.29, 1.82) is 0 Å². The fourth-order valence-electron chi connectivity index (χ4n) is 2.37. The summed E-state index contributed by atoms with van der Waals surface area (Å²) in [5.41, 5.74) is -0.291. The topological polar surface area (TPSA) is 39.4 Å². The maximum Gasteiger partial charge on any atom is 0.343 e.